The van der Waals surface area contributed by atoms with Gasteiger partial charge in [0.1, 0.15) is 17.4 Å². The van der Waals surface area contributed by atoms with E-state index < -0.39 is 16.1 Å². The van der Waals surface area contributed by atoms with Crippen LogP contribution < -0.4 is 10.0 Å². The lowest BCUT2D eigenvalue weighted by molar-refractivity contribution is 0.0939. The minimum Gasteiger partial charge on any atom is -0.459 e. The summed E-state index contributed by atoms with van der Waals surface area (Å²) in [4.78, 5) is 13.0. The zero-order chi connectivity index (χ0) is 21.1. The van der Waals surface area contributed by atoms with Gasteiger partial charge in [-0.3, -0.25) is 9.52 Å². The number of rotatable bonds is 6. The molecule has 0 aliphatic carbocycles. The van der Waals surface area contributed by atoms with Crippen LogP contribution in [0.4, 0.5) is 5.69 Å². The van der Waals surface area contributed by atoms with Crippen molar-refractivity contribution < 1.29 is 17.6 Å². The molecule has 2 N–H and O–H groups in total. The van der Waals surface area contributed by atoms with E-state index in [-0.39, 0.29) is 5.91 Å². The number of hydrogen-bond acceptors (Lipinski definition) is 4. The van der Waals surface area contributed by atoms with Gasteiger partial charge in [0.25, 0.3) is 5.91 Å². The number of amides is 1. The summed E-state index contributed by atoms with van der Waals surface area (Å²) in [5.74, 6) is 0.266. The van der Waals surface area contributed by atoms with Crippen molar-refractivity contribution in [3.8, 4) is 0 Å². The number of hydrogen-bond donors (Lipinski definition) is 2. The number of anilines is 1. The lowest BCUT2D eigenvalue weighted by Crippen LogP contribution is -2.29. The van der Waals surface area contributed by atoms with Crippen LogP contribution in [0.2, 0.25) is 0 Å². The minimum absolute atomic E-state index is 0.324. The molecule has 30 heavy (non-hydrogen) atoms. The third kappa shape index (κ3) is 4.52. The lowest BCUT2D eigenvalue weighted by Gasteiger charge is -2.17. The van der Waals surface area contributed by atoms with Crippen LogP contribution in [0.1, 0.15) is 27.7 Å². The number of nitrogens with one attached hydrogen (secondary N) is 2. The number of para-hydroxylation sites is 1. The third-order valence-electron chi connectivity index (χ3n) is 4.57. The zero-order valence-electron chi connectivity index (χ0n) is 16.2. The summed E-state index contributed by atoms with van der Waals surface area (Å²) in [6, 6.07) is 24.9. The van der Waals surface area contributed by atoms with E-state index in [1.807, 2.05) is 60.7 Å². The molecule has 1 atom stereocenters. The molecular weight excluding hydrogens is 400 g/mol. The molecule has 0 bridgehead atoms. The van der Waals surface area contributed by atoms with Crippen LogP contribution in [0.5, 0.6) is 0 Å². The number of furan rings is 1. The Kier molecular flexibility index (Phi) is 5.29. The van der Waals surface area contributed by atoms with Gasteiger partial charge in [0.2, 0.25) is 10.0 Å². The highest BCUT2D eigenvalue weighted by Crippen LogP contribution is 2.28. The van der Waals surface area contributed by atoms with Crippen molar-refractivity contribution in [2.24, 2.45) is 0 Å². The van der Waals surface area contributed by atoms with Crippen LogP contribution in [0, 0.1) is 0 Å². The number of sulfonamides is 1. The van der Waals surface area contributed by atoms with Crippen LogP contribution in [0.3, 0.4) is 0 Å². The van der Waals surface area contributed by atoms with Gasteiger partial charge in [-0.05, 0) is 35.9 Å². The van der Waals surface area contributed by atoms with Crippen molar-refractivity contribution in [2.45, 2.75) is 6.04 Å². The third-order valence-corrected chi connectivity index (χ3v) is 5.17. The topological polar surface area (TPSA) is 88.4 Å². The van der Waals surface area contributed by atoms with E-state index in [2.05, 4.69) is 10.0 Å². The van der Waals surface area contributed by atoms with E-state index in [0.29, 0.717) is 17.0 Å². The summed E-state index contributed by atoms with van der Waals surface area (Å²) in [5, 5.41) is 3.95. The Morgan fingerprint density at radius 3 is 2.37 bits per heavy atom. The molecule has 0 aliphatic rings. The fourth-order valence-corrected chi connectivity index (χ4v) is 3.82. The summed E-state index contributed by atoms with van der Waals surface area (Å²) in [7, 11) is -3.44. The zero-order valence-corrected chi connectivity index (χ0v) is 17.0. The number of fused-ring (bicyclic) bond motifs is 1. The first-order chi connectivity index (χ1) is 14.4. The molecule has 7 heteroatoms. The standard InChI is InChI=1S/C23H20N2O4S/c1-30(27,28)25-19-12-7-11-18(14-19)23(26)24-22(16-8-3-2-4-9-16)21-15-17-10-5-6-13-20(17)29-21/h2-15,22,25H,1H3,(H,24,26). The lowest BCUT2D eigenvalue weighted by atomic mass is 10.0. The second-order valence-corrected chi connectivity index (χ2v) is 8.71. The van der Waals surface area contributed by atoms with Crippen LogP contribution in [-0.4, -0.2) is 20.6 Å². The van der Waals surface area contributed by atoms with Crippen LogP contribution >= 0.6 is 0 Å². The highest BCUT2D eigenvalue weighted by atomic mass is 32.2. The maximum atomic E-state index is 13.0. The van der Waals surface area contributed by atoms with Crippen LogP contribution in [-0.2, 0) is 10.0 Å². The first-order valence-electron chi connectivity index (χ1n) is 9.31. The van der Waals surface area contributed by atoms with Crippen molar-refractivity contribution in [3.63, 3.8) is 0 Å². The summed E-state index contributed by atoms with van der Waals surface area (Å²) >= 11 is 0. The Hall–Kier alpha value is -3.58. The second kappa shape index (κ2) is 8.04. The van der Waals surface area contributed by atoms with E-state index in [9.17, 15) is 13.2 Å². The van der Waals surface area contributed by atoms with E-state index in [4.69, 9.17) is 4.42 Å². The molecule has 1 unspecified atom stereocenters. The minimum atomic E-state index is -3.44. The van der Waals surface area contributed by atoms with Gasteiger partial charge >= 0.3 is 0 Å². The van der Waals surface area contributed by atoms with Crippen molar-refractivity contribution in [2.75, 3.05) is 11.0 Å². The maximum Gasteiger partial charge on any atom is 0.252 e. The van der Waals surface area contributed by atoms with Gasteiger partial charge in [0.15, 0.2) is 0 Å². The van der Waals surface area contributed by atoms with Crippen molar-refractivity contribution >= 4 is 32.6 Å². The summed E-state index contributed by atoms with van der Waals surface area (Å²) in [6.07, 6.45) is 1.06. The molecule has 1 aromatic heterocycles. The fourth-order valence-electron chi connectivity index (χ4n) is 3.26. The molecule has 0 saturated carbocycles. The monoisotopic (exact) mass is 420 g/mol. The van der Waals surface area contributed by atoms with Crippen LogP contribution in [0.15, 0.2) is 89.3 Å². The number of carbonyl (C=O) groups is 1. The first-order valence-corrected chi connectivity index (χ1v) is 11.2. The molecule has 0 saturated heterocycles. The quantitative estimate of drug-likeness (QED) is 0.486. The fraction of sp³-hybridized carbons (Fsp3) is 0.0870. The molecule has 3 aromatic carbocycles. The van der Waals surface area contributed by atoms with Gasteiger partial charge in [-0.2, -0.15) is 0 Å². The van der Waals surface area contributed by atoms with Crippen molar-refractivity contribution in [1.82, 2.24) is 5.32 Å². The molecule has 1 amide bonds. The molecule has 152 valence electrons. The highest BCUT2D eigenvalue weighted by molar-refractivity contribution is 7.92. The molecule has 4 rings (SSSR count). The van der Waals surface area contributed by atoms with E-state index in [1.165, 1.54) is 6.07 Å². The Balaban J connectivity index is 1.67. The Labute approximate surface area is 174 Å². The largest absolute Gasteiger partial charge is 0.459 e. The predicted octanol–water partition coefficient (Wildman–Crippen LogP) is 4.32. The average molecular weight is 420 g/mol. The Morgan fingerprint density at radius 2 is 1.63 bits per heavy atom. The molecule has 4 aromatic rings. The van der Waals surface area contributed by atoms with Gasteiger partial charge in [-0.1, -0.05) is 54.6 Å². The van der Waals surface area contributed by atoms with E-state index in [0.717, 1.165) is 22.8 Å². The SMILES string of the molecule is CS(=O)(=O)Nc1cccc(C(=O)NC(c2ccccc2)c2cc3ccccc3o2)c1. The molecule has 0 fully saturated rings. The number of carbonyl (C=O) groups excluding carboxylic acids is 1. The summed E-state index contributed by atoms with van der Waals surface area (Å²) < 4.78 is 31.4. The van der Waals surface area contributed by atoms with Crippen molar-refractivity contribution in [3.05, 3.63) is 102 Å². The van der Waals surface area contributed by atoms with E-state index >= 15 is 0 Å². The van der Waals surface area contributed by atoms with Gasteiger partial charge in [0, 0.05) is 16.6 Å². The van der Waals surface area contributed by atoms with Gasteiger partial charge in [0.05, 0.1) is 6.26 Å². The van der Waals surface area contributed by atoms with Gasteiger partial charge < -0.3 is 9.73 Å². The van der Waals surface area contributed by atoms with Gasteiger partial charge in [-0.25, -0.2) is 8.42 Å². The molecule has 1 heterocycles. The van der Waals surface area contributed by atoms with Crippen molar-refractivity contribution in [1.29, 1.82) is 0 Å². The van der Waals surface area contributed by atoms with E-state index in [1.54, 1.807) is 18.2 Å². The Bertz CT molecular complexity index is 1260. The average Bonchev–Trinajstić information content (AvgIpc) is 3.15. The smallest absolute Gasteiger partial charge is 0.252 e. The molecule has 0 spiro atoms. The van der Waals surface area contributed by atoms with Gasteiger partial charge in [-0.15, -0.1) is 0 Å². The first kappa shape index (κ1) is 19.7. The molecular formula is C23H20N2O4S. The summed E-state index contributed by atoms with van der Waals surface area (Å²) in [5.41, 5.74) is 2.27. The normalized spacial score (nSPS) is 12.4. The molecule has 0 aliphatic heterocycles. The summed E-state index contributed by atoms with van der Waals surface area (Å²) in [6.45, 7) is 0. The Morgan fingerprint density at radius 1 is 0.900 bits per heavy atom. The predicted molar refractivity (Wildman–Crippen MR) is 117 cm³/mol. The second-order valence-electron chi connectivity index (χ2n) is 6.96. The van der Waals surface area contributed by atoms with Crippen LogP contribution in [0.25, 0.3) is 11.0 Å². The number of benzene rings is 3. The highest BCUT2D eigenvalue weighted by Gasteiger charge is 2.22. The molecule has 6 nitrogen and oxygen atoms in total. The maximum absolute atomic E-state index is 13.0. The molecule has 0 radical (unpaired) electrons.